The number of pyridine rings is 1. The van der Waals surface area contributed by atoms with Gasteiger partial charge in [0.2, 0.25) is 0 Å². The predicted octanol–water partition coefficient (Wildman–Crippen LogP) is 3.80. The molecule has 1 aliphatic carbocycles. The fourth-order valence-corrected chi connectivity index (χ4v) is 3.00. The number of rotatable bonds is 3. The Morgan fingerprint density at radius 1 is 1.16 bits per heavy atom. The number of nitrogens with one attached hydrogen (secondary N) is 1. The van der Waals surface area contributed by atoms with Gasteiger partial charge >= 0.3 is 0 Å². The first-order valence-corrected chi connectivity index (χ1v) is 7.55. The van der Waals surface area contributed by atoms with E-state index in [1.165, 1.54) is 38.5 Å². The molecular formula is C15H20ClN3. The molecule has 3 nitrogen and oxygen atoms in total. The number of hydrogen-bond donors (Lipinski definition) is 1. The minimum absolute atomic E-state index is 0.663. The average Bonchev–Trinajstić information content (AvgIpc) is 2.63. The maximum absolute atomic E-state index is 5.98. The fraction of sp³-hybridized carbons (Fsp3) is 0.533. The highest BCUT2D eigenvalue weighted by molar-refractivity contribution is 6.30. The van der Waals surface area contributed by atoms with Crippen LogP contribution in [0.15, 0.2) is 24.5 Å². The second kappa shape index (κ2) is 5.93. The van der Waals surface area contributed by atoms with Crippen LogP contribution in [0.5, 0.6) is 0 Å². The third-order valence-electron chi connectivity index (χ3n) is 3.89. The van der Waals surface area contributed by atoms with Gasteiger partial charge < -0.3 is 9.72 Å². The highest BCUT2D eigenvalue weighted by Crippen LogP contribution is 2.18. The summed E-state index contributed by atoms with van der Waals surface area (Å²) >= 11 is 5.98. The van der Waals surface area contributed by atoms with Crippen LogP contribution in [0.1, 0.15) is 44.2 Å². The van der Waals surface area contributed by atoms with Crippen molar-refractivity contribution in [3.05, 3.63) is 35.2 Å². The quantitative estimate of drug-likeness (QED) is 0.865. The van der Waals surface area contributed by atoms with E-state index in [0.29, 0.717) is 6.04 Å². The second-order valence-corrected chi connectivity index (χ2v) is 5.85. The van der Waals surface area contributed by atoms with E-state index in [4.69, 9.17) is 11.6 Å². The van der Waals surface area contributed by atoms with Crippen molar-refractivity contribution in [3.8, 4) is 0 Å². The van der Waals surface area contributed by atoms with Gasteiger partial charge in [0.25, 0.3) is 0 Å². The molecule has 19 heavy (non-hydrogen) atoms. The topological polar surface area (TPSA) is 29.3 Å². The minimum Gasteiger partial charge on any atom is -0.308 e. The molecule has 0 aromatic carbocycles. The van der Waals surface area contributed by atoms with Crippen LogP contribution in [0.2, 0.25) is 5.02 Å². The van der Waals surface area contributed by atoms with Crippen molar-refractivity contribution in [1.29, 1.82) is 0 Å². The summed E-state index contributed by atoms with van der Waals surface area (Å²) in [6, 6.07) is 4.50. The number of hydrogen-bond acceptors (Lipinski definition) is 2. The van der Waals surface area contributed by atoms with Crippen molar-refractivity contribution in [2.45, 2.75) is 51.1 Å². The number of nitrogens with zero attached hydrogens (tertiary/aromatic N) is 2. The number of aromatic nitrogens is 2. The summed E-state index contributed by atoms with van der Waals surface area (Å²) in [6.07, 6.45) is 12.1. The molecule has 0 aliphatic heterocycles. The third kappa shape index (κ3) is 3.28. The van der Waals surface area contributed by atoms with Crippen molar-refractivity contribution in [2.24, 2.45) is 0 Å². The van der Waals surface area contributed by atoms with Crippen LogP contribution in [-0.4, -0.2) is 15.4 Å². The molecule has 102 valence electrons. The van der Waals surface area contributed by atoms with E-state index in [0.717, 1.165) is 22.9 Å². The van der Waals surface area contributed by atoms with Crippen LogP contribution < -0.4 is 5.32 Å². The number of fused-ring (bicyclic) bond motifs is 1. The average molecular weight is 278 g/mol. The Hall–Kier alpha value is -1.06. The summed E-state index contributed by atoms with van der Waals surface area (Å²) in [5.41, 5.74) is 2.05. The molecule has 0 atom stereocenters. The Morgan fingerprint density at radius 2 is 1.95 bits per heavy atom. The zero-order chi connectivity index (χ0) is 13.1. The Bertz CT molecular complexity index is 541. The van der Waals surface area contributed by atoms with E-state index in [-0.39, 0.29) is 0 Å². The molecule has 1 fully saturated rings. The Morgan fingerprint density at radius 3 is 2.74 bits per heavy atom. The summed E-state index contributed by atoms with van der Waals surface area (Å²) < 4.78 is 1.99. The zero-order valence-electron chi connectivity index (χ0n) is 11.1. The SMILES string of the molecule is Clc1ccc2nc(CNC3CCCCCC3)cn2c1. The molecule has 2 aromatic rings. The molecule has 1 saturated carbocycles. The molecular weight excluding hydrogens is 258 g/mol. The van der Waals surface area contributed by atoms with Gasteiger partial charge in [0.1, 0.15) is 5.65 Å². The van der Waals surface area contributed by atoms with Crippen molar-refractivity contribution in [3.63, 3.8) is 0 Å². The molecule has 3 rings (SSSR count). The van der Waals surface area contributed by atoms with Gasteiger partial charge in [-0.25, -0.2) is 4.98 Å². The monoisotopic (exact) mass is 277 g/mol. The maximum atomic E-state index is 5.98. The van der Waals surface area contributed by atoms with Crippen molar-refractivity contribution in [2.75, 3.05) is 0 Å². The van der Waals surface area contributed by atoms with Gasteiger partial charge in [-0.15, -0.1) is 0 Å². The number of halogens is 1. The maximum Gasteiger partial charge on any atom is 0.137 e. The number of imidazole rings is 1. The molecule has 1 aliphatic rings. The highest BCUT2D eigenvalue weighted by atomic mass is 35.5. The third-order valence-corrected chi connectivity index (χ3v) is 4.12. The molecule has 0 saturated heterocycles. The van der Waals surface area contributed by atoms with E-state index < -0.39 is 0 Å². The van der Waals surface area contributed by atoms with Crippen LogP contribution >= 0.6 is 11.6 Å². The lowest BCUT2D eigenvalue weighted by molar-refractivity contribution is 0.457. The normalized spacial score (nSPS) is 17.7. The molecule has 0 radical (unpaired) electrons. The first-order valence-electron chi connectivity index (χ1n) is 7.18. The van der Waals surface area contributed by atoms with E-state index in [1.807, 2.05) is 22.7 Å². The molecule has 0 unspecified atom stereocenters. The molecule has 4 heteroatoms. The summed E-state index contributed by atoms with van der Waals surface area (Å²) in [5, 5.41) is 4.39. The van der Waals surface area contributed by atoms with E-state index >= 15 is 0 Å². The van der Waals surface area contributed by atoms with E-state index in [9.17, 15) is 0 Å². The molecule has 0 spiro atoms. The van der Waals surface area contributed by atoms with Crippen LogP contribution in [0.25, 0.3) is 5.65 Å². The second-order valence-electron chi connectivity index (χ2n) is 5.41. The van der Waals surface area contributed by atoms with Crippen molar-refractivity contribution in [1.82, 2.24) is 14.7 Å². The summed E-state index contributed by atoms with van der Waals surface area (Å²) in [4.78, 5) is 4.60. The Kier molecular flexibility index (Phi) is 4.04. The van der Waals surface area contributed by atoms with E-state index in [1.54, 1.807) is 0 Å². The minimum atomic E-state index is 0.663. The van der Waals surface area contributed by atoms with Gasteiger partial charge in [-0.3, -0.25) is 0 Å². The fourth-order valence-electron chi connectivity index (χ4n) is 2.83. The lowest BCUT2D eigenvalue weighted by atomic mass is 10.1. The Labute approximate surface area is 119 Å². The van der Waals surface area contributed by atoms with Crippen LogP contribution in [0.3, 0.4) is 0 Å². The zero-order valence-corrected chi connectivity index (χ0v) is 11.9. The smallest absolute Gasteiger partial charge is 0.137 e. The molecule has 2 heterocycles. The van der Waals surface area contributed by atoms with Gasteiger partial charge in [-0.05, 0) is 25.0 Å². The highest BCUT2D eigenvalue weighted by Gasteiger charge is 2.12. The summed E-state index contributed by atoms with van der Waals surface area (Å²) in [7, 11) is 0. The lowest BCUT2D eigenvalue weighted by Gasteiger charge is -2.14. The van der Waals surface area contributed by atoms with Crippen LogP contribution in [0, 0.1) is 0 Å². The van der Waals surface area contributed by atoms with Crippen LogP contribution in [0.4, 0.5) is 0 Å². The molecule has 2 aromatic heterocycles. The summed E-state index contributed by atoms with van der Waals surface area (Å²) in [6.45, 7) is 0.851. The van der Waals surface area contributed by atoms with Gasteiger partial charge in [0.15, 0.2) is 0 Å². The van der Waals surface area contributed by atoms with Crippen molar-refractivity contribution >= 4 is 17.2 Å². The van der Waals surface area contributed by atoms with Crippen molar-refractivity contribution < 1.29 is 0 Å². The van der Waals surface area contributed by atoms with E-state index in [2.05, 4.69) is 16.5 Å². The van der Waals surface area contributed by atoms with Gasteiger partial charge in [-0.1, -0.05) is 37.3 Å². The molecule has 0 amide bonds. The van der Waals surface area contributed by atoms with Crippen LogP contribution in [-0.2, 0) is 6.54 Å². The predicted molar refractivity (Wildman–Crippen MR) is 78.5 cm³/mol. The lowest BCUT2D eigenvalue weighted by Crippen LogP contribution is -2.27. The largest absolute Gasteiger partial charge is 0.308 e. The Balaban J connectivity index is 1.64. The van der Waals surface area contributed by atoms with Gasteiger partial charge in [0.05, 0.1) is 10.7 Å². The first-order chi connectivity index (χ1) is 9.31. The summed E-state index contributed by atoms with van der Waals surface area (Å²) in [5.74, 6) is 0. The van der Waals surface area contributed by atoms with Gasteiger partial charge in [-0.2, -0.15) is 0 Å². The standard InChI is InChI=1S/C15H20ClN3/c16-12-7-8-15-18-14(11-19(15)10-12)9-17-13-5-3-1-2-4-6-13/h7-8,10-11,13,17H,1-6,9H2. The van der Waals surface area contributed by atoms with Gasteiger partial charge in [0, 0.05) is 25.0 Å². The molecule has 0 bridgehead atoms. The first kappa shape index (κ1) is 12.9. The molecule has 1 N–H and O–H groups in total.